The molecule has 0 aromatic carbocycles. The van der Waals surface area contributed by atoms with Gasteiger partial charge in [-0.1, -0.05) is 0 Å². The first-order valence-corrected chi connectivity index (χ1v) is 2.86. The number of nitrogens with one attached hydrogen (secondary N) is 1. The fourth-order valence-corrected chi connectivity index (χ4v) is 0.711. The van der Waals surface area contributed by atoms with Crippen molar-refractivity contribution >= 4 is 12.1 Å². The molecule has 0 saturated carbocycles. The minimum absolute atomic E-state index is 0.183. The molecule has 0 aromatic heterocycles. The summed E-state index contributed by atoms with van der Waals surface area (Å²) in [5.41, 5.74) is 0. The fraction of sp³-hybridized carbons (Fsp3) is 0.600. The highest BCUT2D eigenvalue weighted by Gasteiger charge is 2.24. The third kappa shape index (κ3) is 1.37. The summed E-state index contributed by atoms with van der Waals surface area (Å²) in [5.74, 6) is -1.02. The molecule has 0 unspecified atom stereocenters. The maximum atomic E-state index is 10.4. The average Bonchev–Trinajstić information content (AvgIpc) is 1.88. The second-order valence-electron chi connectivity index (χ2n) is 1.96. The maximum absolute atomic E-state index is 10.4. The summed E-state index contributed by atoms with van der Waals surface area (Å²) in [4.78, 5) is 20.6. The van der Waals surface area contributed by atoms with Crippen LogP contribution in [0.1, 0.15) is 6.42 Å². The molecule has 0 aromatic rings. The van der Waals surface area contributed by atoms with Gasteiger partial charge in [-0.15, -0.1) is 0 Å². The molecule has 1 amide bonds. The fourth-order valence-electron chi connectivity index (χ4n) is 0.711. The molecule has 2 N–H and O–H groups in total. The van der Waals surface area contributed by atoms with Crippen molar-refractivity contribution in [1.29, 1.82) is 0 Å². The molecule has 56 valence electrons. The van der Waals surface area contributed by atoms with E-state index in [9.17, 15) is 9.59 Å². The lowest BCUT2D eigenvalue weighted by molar-refractivity contribution is -0.140. The maximum Gasteiger partial charge on any atom is 0.407 e. The molecule has 5 nitrogen and oxygen atoms in total. The second kappa shape index (κ2) is 2.55. The molecule has 5 heteroatoms. The molecule has 0 bridgehead atoms. The standard InChI is InChI=1S/C5H7NO4/c7-4(8)3-1-2-10-5(9)6-3/h3H,1-2H2,(H,6,9)(H,7,8)/t3-/m0/s1. The Morgan fingerprint density at radius 2 is 2.50 bits per heavy atom. The molecule has 1 rings (SSSR count). The smallest absolute Gasteiger partial charge is 0.407 e. The van der Waals surface area contributed by atoms with Crippen LogP contribution >= 0.6 is 0 Å². The zero-order valence-corrected chi connectivity index (χ0v) is 5.16. The molecule has 1 heterocycles. The Hall–Kier alpha value is -1.26. The first-order chi connectivity index (χ1) is 4.70. The van der Waals surface area contributed by atoms with Crippen LogP contribution in [0.2, 0.25) is 0 Å². The SMILES string of the molecule is O=C1N[C@H](C(=O)O)CCO1. The topological polar surface area (TPSA) is 75.6 Å². The predicted octanol–water partition coefficient (Wildman–Crippen LogP) is -0.431. The minimum Gasteiger partial charge on any atom is -0.480 e. The number of carboxylic acids is 1. The lowest BCUT2D eigenvalue weighted by Gasteiger charge is -2.19. The number of hydrogen-bond donors (Lipinski definition) is 2. The average molecular weight is 145 g/mol. The number of carbonyl (C=O) groups is 2. The van der Waals surface area contributed by atoms with Crippen LogP contribution in [0.4, 0.5) is 4.79 Å². The highest BCUT2D eigenvalue weighted by atomic mass is 16.6. The van der Waals surface area contributed by atoms with Gasteiger partial charge in [0.1, 0.15) is 6.04 Å². The summed E-state index contributed by atoms with van der Waals surface area (Å²) in [6, 6.07) is -0.777. The third-order valence-corrected chi connectivity index (χ3v) is 1.23. The summed E-state index contributed by atoms with van der Waals surface area (Å²) in [7, 11) is 0. The van der Waals surface area contributed by atoms with Crippen LogP contribution in [0, 0.1) is 0 Å². The Balaban J connectivity index is 2.47. The Morgan fingerprint density at radius 3 is 2.90 bits per heavy atom. The first-order valence-electron chi connectivity index (χ1n) is 2.86. The van der Waals surface area contributed by atoms with E-state index in [4.69, 9.17) is 5.11 Å². The van der Waals surface area contributed by atoms with Crippen LogP contribution in [0.3, 0.4) is 0 Å². The van der Waals surface area contributed by atoms with Gasteiger partial charge in [0.05, 0.1) is 6.61 Å². The van der Waals surface area contributed by atoms with Gasteiger partial charge in [-0.25, -0.2) is 9.59 Å². The van der Waals surface area contributed by atoms with E-state index >= 15 is 0 Å². The number of rotatable bonds is 1. The van der Waals surface area contributed by atoms with E-state index < -0.39 is 18.1 Å². The van der Waals surface area contributed by atoms with Crippen LogP contribution < -0.4 is 5.32 Å². The van der Waals surface area contributed by atoms with Crippen LogP contribution in [-0.4, -0.2) is 29.8 Å². The van der Waals surface area contributed by atoms with Gasteiger partial charge in [-0.3, -0.25) is 0 Å². The van der Waals surface area contributed by atoms with Crippen LogP contribution in [0.5, 0.6) is 0 Å². The number of carbonyl (C=O) groups excluding carboxylic acids is 1. The highest BCUT2D eigenvalue weighted by molar-refractivity contribution is 5.80. The summed E-state index contributed by atoms with van der Waals surface area (Å²) in [6.45, 7) is 0.183. The zero-order valence-electron chi connectivity index (χ0n) is 5.16. The number of aliphatic carboxylic acids is 1. The lowest BCUT2D eigenvalue weighted by Crippen LogP contribution is -2.45. The van der Waals surface area contributed by atoms with Gasteiger partial charge in [0, 0.05) is 6.42 Å². The van der Waals surface area contributed by atoms with Gasteiger partial charge >= 0.3 is 12.1 Å². The molecule has 1 aliphatic rings. The molecule has 0 aliphatic carbocycles. The molecule has 1 atom stereocenters. The van der Waals surface area contributed by atoms with Crippen molar-refractivity contribution in [1.82, 2.24) is 5.32 Å². The molecule has 1 saturated heterocycles. The molecule has 1 aliphatic heterocycles. The molecule has 10 heavy (non-hydrogen) atoms. The van der Waals surface area contributed by atoms with Crippen LogP contribution in [0.25, 0.3) is 0 Å². The van der Waals surface area contributed by atoms with E-state index in [2.05, 4.69) is 10.1 Å². The highest BCUT2D eigenvalue weighted by Crippen LogP contribution is 2.00. The Morgan fingerprint density at radius 1 is 1.80 bits per heavy atom. The van der Waals surface area contributed by atoms with Crippen molar-refractivity contribution in [2.45, 2.75) is 12.5 Å². The Bertz CT molecular complexity index is 165. The number of carboxylic acid groups (broad SMARTS) is 1. The molecular formula is C5H7NO4. The largest absolute Gasteiger partial charge is 0.480 e. The second-order valence-corrected chi connectivity index (χ2v) is 1.96. The normalized spacial score (nSPS) is 24.8. The molecule has 0 spiro atoms. The summed E-state index contributed by atoms with van der Waals surface area (Å²) in [6.07, 6.45) is -0.320. The number of cyclic esters (lactones) is 1. The predicted molar refractivity (Wildman–Crippen MR) is 30.5 cm³/mol. The van der Waals surface area contributed by atoms with Gasteiger partial charge in [0.15, 0.2) is 0 Å². The monoisotopic (exact) mass is 145 g/mol. The van der Waals surface area contributed by atoms with Gasteiger partial charge < -0.3 is 15.2 Å². The number of ether oxygens (including phenoxy) is 1. The van der Waals surface area contributed by atoms with Crippen molar-refractivity contribution in [2.75, 3.05) is 6.61 Å². The van der Waals surface area contributed by atoms with Crippen LogP contribution in [-0.2, 0) is 9.53 Å². The summed E-state index contributed by atoms with van der Waals surface area (Å²) in [5, 5.41) is 10.5. The van der Waals surface area contributed by atoms with Crippen LogP contribution in [0.15, 0.2) is 0 Å². The van der Waals surface area contributed by atoms with E-state index in [-0.39, 0.29) is 6.61 Å². The van der Waals surface area contributed by atoms with Gasteiger partial charge in [-0.05, 0) is 0 Å². The van der Waals surface area contributed by atoms with Gasteiger partial charge in [0.25, 0.3) is 0 Å². The Kier molecular flexibility index (Phi) is 1.75. The summed E-state index contributed by atoms with van der Waals surface area (Å²) < 4.78 is 4.44. The van der Waals surface area contributed by atoms with Crippen molar-refractivity contribution in [3.63, 3.8) is 0 Å². The van der Waals surface area contributed by atoms with Crippen molar-refractivity contribution in [3.05, 3.63) is 0 Å². The van der Waals surface area contributed by atoms with Crippen molar-refractivity contribution in [2.24, 2.45) is 0 Å². The molecule has 1 fully saturated rings. The third-order valence-electron chi connectivity index (χ3n) is 1.23. The van der Waals surface area contributed by atoms with E-state index in [1.54, 1.807) is 0 Å². The van der Waals surface area contributed by atoms with Gasteiger partial charge in [0.2, 0.25) is 0 Å². The lowest BCUT2D eigenvalue weighted by atomic mass is 10.2. The minimum atomic E-state index is -1.02. The molecule has 0 radical (unpaired) electrons. The van der Waals surface area contributed by atoms with E-state index in [1.165, 1.54) is 0 Å². The van der Waals surface area contributed by atoms with E-state index in [0.717, 1.165) is 0 Å². The zero-order chi connectivity index (χ0) is 7.56. The number of hydrogen-bond acceptors (Lipinski definition) is 3. The Labute approximate surface area is 57.0 Å². The number of amides is 1. The van der Waals surface area contributed by atoms with Gasteiger partial charge in [-0.2, -0.15) is 0 Å². The van der Waals surface area contributed by atoms with Crippen molar-refractivity contribution < 1.29 is 19.4 Å². The number of alkyl carbamates (subject to hydrolysis) is 1. The van der Waals surface area contributed by atoms with Crippen molar-refractivity contribution in [3.8, 4) is 0 Å². The summed E-state index contributed by atoms with van der Waals surface area (Å²) >= 11 is 0. The quantitative estimate of drug-likeness (QED) is 0.525. The van der Waals surface area contributed by atoms with E-state index in [1.807, 2.05) is 0 Å². The first kappa shape index (κ1) is 6.85. The molecular weight excluding hydrogens is 138 g/mol. The van der Waals surface area contributed by atoms with E-state index in [0.29, 0.717) is 6.42 Å².